The molecule has 0 spiro atoms. The van der Waals surface area contributed by atoms with Crippen LogP contribution < -0.4 is 11.1 Å². The van der Waals surface area contributed by atoms with Crippen LogP contribution in [0.2, 0.25) is 0 Å². The second kappa shape index (κ2) is 6.45. The number of nitrogens with two attached hydrogens (primary N) is 1. The Morgan fingerprint density at radius 3 is 2.19 bits per heavy atom. The molecule has 0 aliphatic rings. The van der Waals surface area contributed by atoms with Crippen LogP contribution in [-0.4, -0.2) is 24.3 Å². The summed E-state index contributed by atoms with van der Waals surface area (Å²) >= 11 is 0. The van der Waals surface area contributed by atoms with E-state index in [-0.39, 0.29) is 18.0 Å². The van der Waals surface area contributed by atoms with E-state index < -0.39 is 12.6 Å². The molecule has 0 aliphatic heterocycles. The molecule has 0 saturated carbocycles. The number of hydrogen-bond donors (Lipinski definition) is 2. The molecule has 16 heavy (non-hydrogen) atoms. The molecule has 0 aliphatic carbocycles. The average Bonchev–Trinajstić information content (AvgIpc) is 2.15. The minimum Gasteiger partial charge on any atom is -0.329 e. The van der Waals surface area contributed by atoms with E-state index >= 15 is 0 Å². The molecule has 0 aromatic carbocycles. The first-order valence-corrected chi connectivity index (χ1v) is 5.77. The van der Waals surface area contributed by atoms with Gasteiger partial charge in [-0.05, 0) is 33.1 Å². The Balaban J connectivity index is 4.06. The number of halogens is 3. The number of hydrogen-bond acceptors (Lipinski definition) is 2. The molecule has 0 rings (SSSR count). The van der Waals surface area contributed by atoms with Gasteiger partial charge in [-0.25, -0.2) is 0 Å². The van der Waals surface area contributed by atoms with Gasteiger partial charge in [-0.3, -0.25) is 0 Å². The van der Waals surface area contributed by atoms with Crippen LogP contribution in [0.1, 0.15) is 46.5 Å². The van der Waals surface area contributed by atoms with Gasteiger partial charge in [0.05, 0.1) is 0 Å². The smallest absolute Gasteiger partial charge is 0.329 e. The summed E-state index contributed by atoms with van der Waals surface area (Å²) in [5.41, 5.74) is 5.23. The van der Waals surface area contributed by atoms with Crippen LogP contribution >= 0.6 is 0 Å². The molecule has 3 N–H and O–H groups in total. The molecule has 2 atom stereocenters. The van der Waals surface area contributed by atoms with Gasteiger partial charge in [0.15, 0.2) is 0 Å². The maximum absolute atomic E-state index is 12.0. The first-order chi connectivity index (χ1) is 7.22. The largest absolute Gasteiger partial charge is 0.389 e. The Bertz CT molecular complexity index is 194. The Kier molecular flexibility index (Phi) is 6.33. The van der Waals surface area contributed by atoms with E-state index in [2.05, 4.69) is 5.32 Å². The number of alkyl halides is 3. The van der Waals surface area contributed by atoms with Crippen LogP contribution in [0.25, 0.3) is 0 Å². The summed E-state index contributed by atoms with van der Waals surface area (Å²) in [6, 6.07) is 0.277. The third-order valence-electron chi connectivity index (χ3n) is 2.85. The fourth-order valence-corrected chi connectivity index (χ4v) is 1.61. The molecular formula is C11H23F3N2. The van der Waals surface area contributed by atoms with E-state index in [1.807, 2.05) is 20.8 Å². The lowest BCUT2D eigenvalue weighted by atomic mass is 9.93. The van der Waals surface area contributed by atoms with E-state index in [1.165, 1.54) is 0 Å². The first kappa shape index (κ1) is 15.7. The first-order valence-electron chi connectivity index (χ1n) is 5.77. The van der Waals surface area contributed by atoms with Crippen molar-refractivity contribution in [3.8, 4) is 0 Å². The number of nitrogens with one attached hydrogen (secondary N) is 1. The summed E-state index contributed by atoms with van der Waals surface area (Å²) in [5.74, 6) is 0. The van der Waals surface area contributed by atoms with Gasteiger partial charge in [0.25, 0.3) is 0 Å². The van der Waals surface area contributed by atoms with Crippen LogP contribution in [0, 0.1) is 0 Å². The molecule has 2 unspecified atom stereocenters. The van der Waals surface area contributed by atoms with E-state index in [0.29, 0.717) is 13.0 Å². The van der Waals surface area contributed by atoms with Crippen molar-refractivity contribution in [1.82, 2.24) is 5.32 Å². The molecule has 0 saturated heterocycles. The Morgan fingerprint density at radius 1 is 1.25 bits per heavy atom. The molecule has 2 nitrogen and oxygen atoms in total. The van der Waals surface area contributed by atoms with Crippen molar-refractivity contribution in [3.63, 3.8) is 0 Å². The van der Waals surface area contributed by atoms with Gasteiger partial charge in [0.1, 0.15) is 0 Å². The molecule has 0 fully saturated rings. The minimum absolute atomic E-state index is 0.126. The molecule has 0 heterocycles. The fraction of sp³-hybridized carbons (Fsp3) is 1.00. The molecule has 0 bridgehead atoms. The molecule has 5 heteroatoms. The summed E-state index contributed by atoms with van der Waals surface area (Å²) in [4.78, 5) is 0. The maximum Gasteiger partial charge on any atom is 0.389 e. The van der Waals surface area contributed by atoms with Crippen molar-refractivity contribution in [1.29, 1.82) is 0 Å². The third-order valence-corrected chi connectivity index (χ3v) is 2.85. The Morgan fingerprint density at radius 2 is 1.81 bits per heavy atom. The van der Waals surface area contributed by atoms with Crippen molar-refractivity contribution < 1.29 is 13.2 Å². The molecule has 0 radical (unpaired) electrons. The lowest BCUT2D eigenvalue weighted by molar-refractivity contribution is -0.136. The minimum atomic E-state index is -4.06. The summed E-state index contributed by atoms with van der Waals surface area (Å²) < 4.78 is 36.0. The van der Waals surface area contributed by atoms with E-state index in [1.54, 1.807) is 0 Å². The molecule has 98 valence electrons. The van der Waals surface area contributed by atoms with Gasteiger partial charge in [0.2, 0.25) is 0 Å². The molecular weight excluding hydrogens is 217 g/mol. The highest BCUT2D eigenvalue weighted by Gasteiger charge is 2.29. The second-order valence-electron chi connectivity index (χ2n) is 4.69. The van der Waals surface area contributed by atoms with E-state index in [9.17, 15) is 13.2 Å². The fourth-order valence-electron chi connectivity index (χ4n) is 1.61. The van der Waals surface area contributed by atoms with Gasteiger partial charge in [-0.1, -0.05) is 6.92 Å². The lowest BCUT2D eigenvalue weighted by Gasteiger charge is -2.33. The molecule has 0 aromatic rings. The maximum atomic E-state index is 12.0. The zero-order chi connectivity index (χ0) is 12.8. The van der Waals surface area contributed by atoms with E-state index in [0.717, 1.165) is 6.42 Å². The van der Waals surface area contributed by atoms with Gasteiger partial charge < -0.3 is 11.1 Å². The SMILES string of the molecule is CCC(C)NC(C)(CN)CCCC(F)(F)F. The average molecular weight is 240 g/mol. The third kappa shape index (κ3) is 7.06. The standard InChI is InChI=1S/C11H23F3N2/c1-4-9(2)16-10(3,8-15)6-5-7-11(12,13)14/h9,16H,4-8,15H2,1-3H3. The highest BCUT2D eigenvalue weighted by atomic mass is 19.4. The van der Waals surface area contributed by atoms with Crippen LogP contribution in [0.15, 0.2) is 0 Å². The van der Waals surface area contributed by atoms with Gasteiger partial charge in [-0.15, -0.1) is 0 Å². The van der Waals surface area contributed by atoms with Crippen molar-refractivity contribution in [2.75, 3.05) is 6.54 Å². The van der Waals surface area contributed by atoms with Gasteiger partial charge >= 0.3 is 6.18 Å². The highest BCUT2D eigenvalue weighted by Crippen LogP contribution is 2.24. The quantitative estimate of drug-likeness (QED) is 0.718. The zero-order valence-electron chi connectivity index (χ0n) is 10.3. The monoisotopic (exact) mass is 240 g/mol. The second-order valence-corrected chi connectivity index (χ2v) is 4.69. The van der Waals surface area contributed by atoms with Gasteiger partial charge in [-0.2, -0.15) is 13.2 Å². The number of rotatable bonds is 7. The summed E-state index contributed by atoms with van der Waals surface area (Å²) in [7, 11) is 0. The Hall–Kier alpha value is -0.290. The van der Waals surface area contributed by atoms with Crippen molar-refractivity contribution >= 4 is 0 Å². The van der Waals surface area contributed by atoms with E-state index in [4.69, 9.17) is 5.73 Å². The lowest BCUT2D eigenvalue weighted by Crippen LogP contribution is -2.52. The van der Waals surface area contributed by atoms with Crippen molar-refractivity contribution in [2.45, 2.75) is 64.2 Å². The van der Waals surface area contributed by atoms with Crippen LogP contribution in [0.4, 0.5) is 13.2 Å². The molecule has 0 aromatic heterocycles. The van der Waals surface area contributed by atoms with Crippen LogP contribution in [0.5, 0.6) is 0 Å². The topological polar surface area (TPSA) is 38.0 Å². The summed E-state index contributed by atoms with van der Waals surface area (Å²) in [6.45, 7) is 6.28. The van der Waals surface area contributed by atoms with Crippen molar-refractivity contribution in [2.24, 2.45) is 5.73 Å². The normalized spacial score (nSPS) is 18.2. The van der Waals surface area contributed by atoms with Crippen LogP contribution in [0.3, 0.4) is 0 Å². The van der Waals surface area contributed by atoms with Gasteiger partial charge in [0, 0.05) is 24.5 Å². The molecule has 0 amide bonds. The Labute approximate surface area is 95.8 Å². The predicted molar refractivity (Wildman–Crippen MR) is 60.3 cm³/mol. The zero-order valence-corrected chi connectivity index (χ0v) is 10.3. The van der Waals surface area contributed by atoms with Crippen LogP contribution in [-0.2, 0) is 0 Å². The predicted octanol–water partition coefficient (Wildman–Crippen LogP) is 2.82. The summed E-state index contributed by atoms with van der Waals surface area (Å²) in [6.07, 6.45) is -3.28. The van der Waals surface area contributed by atoms with Crippen molar-refractivity contribution in [3.05, 3.63) is 0 Å². The highest BCUT2D eigenvalue weighted by molar-refractivity contribution is 4.86. The summed E-state index contributed by atoms with van der Waals surface area (Å²) in [5, 5.41) is 3.29.